The molecule has 2 heteroatoms. The summed E-state index contributed by atoms with van der Waals surface area (Å²) < 4.78 is 0. The van der Waals surface area contributed by atoms with Crippen LogP contribution in [0.15, 0.2) is 11.6 Å². The highest BCUT2D eigenvalue weighted by Crippen LogP contribution is 2.05. The van der Waals surface area contributed by atoms with Crippen LogP contribution in [-0.4, -0.2) is 22.4 Å². The van der Waals surface area contributed by atoms with E-state index in [-0.39, 0.29) is 6.61 Å². The fourth-order valence-electron chi connectivity index (χ4n) is 0.649. The summed E-state index contributed by atoms with van der Waals surface area (Å²) >= 11 is 0. The van der Waals surface area contributed by atoms with Crippen LogP contribution in [0.3, 0.4) is 0 Å². The van der Waals surface area contributed by atoms with Crippen molar-refractivity contribution in [3.8, 4) is 0 Å². The number of hydrogen-bond acceptors (Lipinski definition) is 2. The van der Waals surface area contributed by atoms with Gasteiger partial charge >= 0.3 is 0 Å². The molecule has 0 saturated carbocycles. The molecule has 0 aromatic heterocycles. The van der Waals surface area contributed by atoms with Gasteiger partial charge in [0.1, 0.15) is 0 Å². The second kappa shape index (κ2) is 2.99. The molecule has 0 saturated heterocycles. The lowest BCUT2D eigenvalue weighted by Gasteiger charge is -2.11. The second-order valence-corrected chi connectivity index (χ2v) is 2.80. The quantitative estimate of drug-likeness (QED) is 0.540. The molecule has 2 nitrogen and oxygen atoms in total. The average Bonchev–Trinajstić information content (AvgIpc) is 1.62. The fourth-order valence-corrected chi connectivity index (χ4v) is 0.649. The minimum absolute atomic E-state index is 0.0178. The Morgan fingerprint density at radius 2 is 2.00 bits per heavy atom. The van der Waals surface area contributed by atoms with Crippen LogP contribution in [0, 0.1) is 0 Å². The zero-order valence-electron chi connectivity index (χ0n) is 6.18. The van der Waals surface area contributed by atoms with Gasteiger partial charge in [-0.1, -0.05) is 6.08 Å². The van der Waals surface area contributed by atoms with E-state index < -0.39 is 5.60 Å². The summed E-state index contributed by atoms with van der Waals surface area (Å²) in [6, 6.07) is 0. The van der Waals surface area contributed by atoms with E-state index in [1.54, 1.807) is 26.8 Å². The Balaban J connectivity index is 3.95. The SMILES string of the molecule is C/C(=C/C(C)(C)O)CO. The highest BCUT2D eigenvalue weighted by molar-refractivity contribution is 5.05. The van der Waals surface area contributed by atoms with Gasteiger partial charge in [-0.05, 0) is 26.3 Å². The first-order chi connectivity index (χ1) is 3.95. The summed E-state index contributed by atoms with van der Waals surface area (Å²) in [4.78, 5) is 0. The minimum Gasteiger partial charge on any atom is -0.392 e. The molecule has 0 aromatic carbocycles. The molecule has 0 amide bonds. The van der Waals surface area contributed by atoms with Crippen molar-refractivity contribution in [2.45, 2.75) is 26.4 Å². The van der Waals surface area contributed by atoms with Crippen LogP contribution >= 0.6 is 0 Å². The summed E-state index contributed by atoms with van der Waals surface area (Å²) in [5.41, 5.74) is -0.00481. The molecule has 0 aliphatic heterocycles. The Bertz CT molecular complexity index is 109. The van der Waals surface area contributed by atoms with E-state index in [0.29, 0.717) is 0 Å². The van der Waals surface area contributed by atoms with Crippen molar-refractivity contribution in [1.29, 1.82) is 0 Å². The van der Waals surface area contributed by atoms with Crippen LogP contribution < -0.4 is 0 Å². The van der Waals surface area contributed by atoms with Crippen LogP contribution in [0.1, 0.15) is 20.8 Å². The summed E-state index contributed by atoms with van der Waals surface area (Å²) in [6.07, 6.45) is 1.63. The molecule has 0 radical (unpaired) electrons. The predicted octanol–water partition coefficient (Wildman–Crippen LogP) is 0.696. The third-order valence-electron chi connectivity index (χ3n) is 0.849. The van der Waals surface area contributed by atoms with E-state index in [9.17, 15) is 0 Å². The van der Waals surface area contributed by atoms with Crippen LogP contribution in [-0.2, 0) is 0 Å². The van der Waals surface area contributed by atoms with Crippen LogP contribution in [0.4, 0.5) is 0 Å². The summed E-state index contributed by atoms with van der Waals surface area (Å²) in [7, 11) is 0. The van der Waals surface area contributed by atoms with Gasteiger partial charge in [-0.3, -0.25) is 0 Å². The third kappa shape index (κ3) is 5.53. The monoisotopic (exact) mass is 130 g/mol. The largest absolute Gasteiger partial charge is 0.392 e. The summed E-state index contributed by atoms with van der Waals surface area (Å²) in [5.74, 6) is 0. The van der Waals surface area contributed by atoms with Gasteiger partial charge in [0.05, 0.1) is 12.2 Å². The van der Waals surface area contributed by atoms with Gasteiger partial charge < -0.3 is 10.2 Å². The van der Waals surface area contributed by atoms with Crippen LogP contribution in [0.25, 0.3) is 0 Å². The van der Waals surface area contributed by atoms with E-state index in [2.05, 4.69) is 0 Å². The zero-order chi connectivity index (χ0) is 7.49. The molecule has 0 fully saturated rings. The molecule has 0 unspecified atom stereocenters. The Kier molecular flexibility index (Phi) is 2.88. The average molecular weight is 130 g/mol. The van der Waals surface area contributed by atoms with Gasteiger partial charge in [0.25, 0.3) is 0 Å². The van der Waals surface area contributed by atoms with E-state index in [1.807, 2.05) is 0 Å². The maximum atomic E-state index is 9.13. The lowest BCUT2D eigenvalue weighted by Crippen LogP contribution is -2.15. The molecule has 0 aliphatic rings. The molecule has 0 aromatic rings. The number of aliphatic hydroxyl groups is 2. The molecular formula is C7H14O2. The van der Waals surface area contributed by atoms with Crippen LogP contribution in [0.5, 0.6) is 0 Å². The second-order valence-electron chi connectivity index (χ2n) is 2.80. The van der Waals surface area contributed by atoms with Crippen molar-refractivity contribution in [3.63, 3.8) is 0 Å². The zero-order valence-corrected chi connectivity index (χ0v) is 6.18. The normalized spacial score (nSPS) is 14.1. The van der Waals surface area contributed by atoms with E-state index in [0.717, 1.165) is 5.57 Å². The van der Waals surface area contributed by atoms with Gasteiger partial charge in [0.15, 0.2) is 0 Å². The van der Waals surface area contributed by atoms with Crippen molar-refractivity contribution in [1.82, 2.24) is 0 Å². The van der Waals surface area contributed by atoms with E-state index in [4.69, 9.17) is 10.2 Å². The van der Waals surface area contributed by atoms with E-state index >= 15 is 0 Å². The molecular weight excluding hydrogens is 116 g/mol. The van der Waals surface area contributed by atoms with Crippen molar-refractivity contribution in [2.75, 3.05) is 6.61 Å². The third-order valence-corrected chi connectivity index (χ3v) is 0.849. The van der Waals surface area contributed by atoms with Gasteiger partial charge in [0.2, 0.25) is 0 Å². The molecule has 0 bridgehead atoms. The van der Waals surface area contributed by atoms with Crippen molar-refractivity contribution >= 4 is 0 Å². The molecule has 9 heavy (non-hydrogen) atoms. The highest BCUT2D eigenvalue weighted by atomic mass is 16.3. The van der Waals surface area contributed by atoms with Crippen molar-refractivity contribution < 1.29 is 10.2 Å². The maximum absolute atomic E-state index is 9.13. The molecule has 0 aliphatic carbocycles. The molecule has 0 atom stereocenters. The van der Waals surface area contributed by atoms with Crippen molar-refractivity contribution in [2.24, 2.45) is 0 Å². The first-order valence-electron chi connectivity index (χ1n) is 2.97. The van der Waals surface area contributed by atoms with Gasteiger partial charge in [-0.15, -0.1) is 0 Å². The van der Waals surface area contributed by atoms with Crippen LogP contribution in [0.2, 0.25) is 0 Å². The number of aliphatic hydroxyl groups excluding tert-OH is 1. The highest BCUT2D eigenvalue weighted by Gasteiger charge is 2.06. The Labute approximate surface area is 55.8 Å². The molecule has 0 rings (SSSR count). The standard InChI is InChI=1S/C7H14O2/c1-6(5-8)4-7(2,3)9/h4,8-9H,5H2,1-3H3/b6-4-. The van der Waals surface area contributed by atoms with Gasteiger partial charge in [-0.25, -0.2) is 0 Å². The Morgan fingerprint density at radius 1 is 1.56 bits per heavy atom. The molecule has 0 spiro atoms. The van der Waals surface area contributed by atoms with Gasteiger partial charge in [0, 0.05) is 0 Å². The number of hydrogen-bond donors (Lipinski definition) is 2. The number of rotatable bonds is 2. The Hall–Kier alpha value is -0.340. The lowest BCUT2D eigenvalue weighted by molar-refractivity contribution is 0.131. The molecule has 2 N–H and O–H groups in total. The topological polar surface area (TPSA) is 40.5 Å². The Morgan fingerprint density at radius 3 is 2.11 bits per heavy atom. The predicted molar refractivity (Wildman–Crippen MR) is 37.1 cm³/mol. The maximum Gasteiger partial charge on any atom is 0.0774 e. The van der Waals surface area contributed by atoms with Crippen molar-refractivity contribution in [3.05, 3.63) is 11.6 Å². The minimum atomic E-state index is -0.799. The molecule has 54 valence electrons. The fraction of sp³-hybridized carbons (Fsp3) is 0.714. The summed E-state index contributed by atoms with van der Waals surface area (Å²) in [6.45, 7) is 5.14. The summed E-state index contributed by atoms with van der Waals surface area (Å²) in [5, 5.41) is 17.7. The van der Waals surface area contributed by atoms with Gasteiger partial charge in [-0.2, -0.15) is 0 Å². The lowest BCUT2D eigenvalue weighted by atomic mass is 10.1. The first-order valence-corrected chi connectivity index (χ1v) is 2.97. The molecule has 0 heterocycles. The van der Waals surface area contributed by atoms with E-state index in [1.165, 1.54) is 0 Å². The smallest absolute Gasteiger partial charge is 0.0774 e. The first kappa shape index (κ1) is 8.66.